The van der Waals surface area contributed by atoms with Crippen molar-refractivity contribution in [1.82, 2.24) is 25.2 Å². The van der Waals surface area contributed by atoms with Crippen LogP contribution >= 0.6 is 11.3 Å². The fourth-order valence-electron chi connectivity index (χ4n) is 7.30. The summed E-state index contributed by atoms with van der Waals surface area (Å²) in [5.74, 6) is 0.677. The molecule has 0 aliphatic carbocycles. The molecule has 3 aliphatic heterocycles. The zero-order valence-corrected chi connectivity index (χ0v) is 27.7. The topological polar surface area (TPSA) is 113 Å². The number of thiazole rings is 1. The number of pyridine rings is 2. The van der Waals surface area contributed by atoms with Crippen molar-refractivity contribution in [1.29, 1.82) is 0 Å². The first-order valence-electron chi connectivity index (χ1n) is 16.6. The highest BCUT2D eigenvalue weighted by Crippen LogP contribution is 2.40. The first kappa shape index (κ1) is 30.6. The van der Waals surface area contributed by atoms with Crippen LogP contribution in [0.3, 0.4) is 0 Å². The Balaban J connectivity index is 1.05. The maximum Gasteiger partial charge on any atom is 0.294 e. The van der Waals surface area contributed by atoms with Crippen molar-refractivity contribution in [3.8, 4) is 11.1 Å². The van der Waals surface area contributed by atoms with Gasteiger partial charge in [0.25, 0.3) is 12.4 Å². The molecule has 3 aromatic heterocycles. The normalized spacial score (nSPS) is 17.6. The van der Waals surface area contributed by atoms with Crippen LogP contribution < -0.4 is 15.5 Å². The number of amides is 1. The number of hydrogen-bond donors (Lipinski definition) is 2. The smallest absolute Gasteiger partial charge is 0.294 e. The van der Waals surface area contributed by atoms with E-state index in [-0.39, 0.29) is 12.1 Å². The minimum absolute atomic E-state index is 0.0137. The molecule has 11 heteroatoms. The van der Waals surface area contributed by atoms with E-state index in [2.05, 4.69) is 63.8 Å². The lowest BCUT2D eigenvalue weighted by Crippen LogP contribution is -2.40. The molecule has 0 saturated carbocycles. The van der Waals surface area contributed by atoms with Crippen LogP contribution in [0, 0.1) is 6.92 Å². The Hall–Kier alpha value is -4.71. The number of anilines is 3. The van der Waals surface area contributed by atoms with Crippen LogP contribution in [0.15, 0.2) is 60.9 Å². The first-order valence-corrected chi connectivity index (χ1v) is 17.5. The third-order valence-electron chi connectivity index (χ3n) is 9.74. The summed E-state index contributed by atoms with van der Waals surface area (Å²) in [5, 5.41) is 8.52. The number of hydrogen-bond acceptors (Lipinski definition) is 10. The summed E-state index contributed by atoms with van der Waals surface area (Å²) in [7, 11) is 0. The summed E-state index contributed by atoms with van der Waals surface area (Å²) >= 11 is 1.52. The first-order chi connectivity index (χ1) is 23.6. The van der Waals surface area contributed by atoms with Crippen LogP contribution in [0.5, 0.6) is 0 Å². The lowest BCUT2D eigenvalue weighted by molar-refractivity contribution is -0.147. The van der Waals surface area contributed by atoms with Gasteiger partial charge in [0.15, 0.2) is 17.1 Å². The molecule has 10 nitrogen and oxygen atoms in total. The van der Waals surface area contributed by atoms with Gasteiger partial charge in [-0.3, -0.25) is 19.5 Å². The Morgan fingerprint density at radius 1 is 1.10 bits per heavy atom. The fourth-order valence-corrected chi connectivity index (χ4v) is 8.32. The van der Waals surface area contributed by atoms with Gasteiger partial charge in [-0.05, 0) is 84.7 Å². The maximum absolute atomic E-state index is 13.7. The van der Waals surface area contributed by atoms with E-state index in [0.29, 0.717) is 30.4 Å². The number of piperidine rings is 1. The van der Waals surface area contributed by atoms with Crippen molar-refractivity contribution < 1.29 is 14.3 Å². The average molecular weight is 660 g/mol. The zero-order chi connectivity index (χ0) is 32.6. The van der Waals surface area contributed by atoms with Crippen molar-refractivity contribution in [3.63, 3.8) is 0 Å². The number of carbonyl (C=O) groups excluding carboxylic acids is 2. The molecule has 5 aromatic rings. The average Bonchev–Trinajstić information content (AvgIpc) is 3.75. The van der Waals surface area contributed by atoms with Gasteiger partial charge >= 0.3 is 0 Å². The van der Waals surface area contributed by atoms with Gasteiger partial charge in [0, 0.05) is 73.2 Å². The number of fused-ring (bicyclic) bond motifs is 3. The number of carbonyl (C=O) groups is 2. The number of benzene rings is 2. The summed E-state index contributed by atoms with van der Waals surface area (Å²) in [6.45, 7) is 6.56. The number of nitrogens with one attached hydrogen (secondary N) is 2. The van der Waals surface area contributed by atoms with Gasteiger partial charge in [0.1, 0.15) is 5.52 Å². The third-order valence-corrected chi connectivity index (χ3v) is 10.8. The quantitative estimate of drug-likeness (QED) is 0.190. The van der Waals surface area contributed by atoms with Crippen molar-refractivity contribution in [3.05, 3.63) is 93.2 Å². The summed E-state index contributed by atoms with van der Waals surface area (Å²) in [5.41, 5.74) is 9.36. The third kappa shape index (κ3) is 5.72. The van der Waals surface area contributed by atoms with Crippen LogP contribution in [0.4, 0.5) is 17.2 Å². The molecule has 1 saturated heterocycles. The monoisotopic (exact) mass is 659 g/mol. The summed E-state index contributed by atoms with van der Waals surface area (Å²) in [4.78, 5) is 44.2. The number of rotatable bonds is 8. The molecule has 8 rings (SSSR count). The molecule has 48 heavy (non-hydrogen) atoms. The van der Waals surface area contributed by atoms with Gasteiger partial charge in [0.05, 0.1) is 5.69 Å². The minimum atomic E-state index is -0.188. The van der Waals surface area contributed by atoms with E-state index >= 15 is 0 Å². The molecule has 3 aliphatic rings. The zero-order valence-electron chi connectivity index (χ0n) is 26.9. The molecule has 1 atom stereocenters. The van der Waals surface area contributed by atoms with Crippen LogP contribution in [-0.4, -0.2) is 58.1 Å². The Kier molecular flexibility index (Phi) is 8.33. The Morgan fingerprint density at radius 3 is 2.90 bits per heavy atom. The lowest BCUT2D eigenvalue weighted by Gasteiger charge is -2.33. The van der Waals surface area contributed by atoms with Gasteiger partial charge < -0.3 is 20.3 Å². The Bertz CT molecular complexity index is 2000. The van der Waals surface area contributed by atoms with E-state index in [4.69, 9.17) is 14.7 Å². The van der Waals surface area contributed by atoms with Gasteiger partial charge in [-0.2, -0.15) is 0 Å². The highest BCUT2D eigenvalue weighted by Gasteiger charge is 2.31. The van der Waals surface area contributed by atoms with E-state index in [1.54, 1.807) is 6.20 Å². The number of ether oxygens (including phenoxy) is 1. The van der Waals surface area contributed by atoms with Crippen LogP contribution in [0.25, 0.3) is 22.0 Å². The predicted molar refractivity (Wildman–Crippen MR) is 188 cm³/mol. The Labute approximate surface area is 283 Å². The van der Waals surface area contributed by atoms with E-state index in [9.17, 15) is 9.59 Å². The second-order valence-corrected chi connectivity index (χ2v) is 13.7. The fraction of sp³-hybridized carbons (Fsp3) is 0.324. The number of aromatic nitrogens is 3. The summed E-state index contributed by atoms with van der Waals surface area (Å²) < 4.78 is 5.35. The van der Waals surface area contributed by atoms with Gasteiger partial charge in [-0.25, -0.2) is 9.97 Å². The van der Waals surface area contributed by atoms with E-state index in [1.807, 2.05) is 23.2 Å². The predicted octanol–water partition coefficient (Wildman–Crippen LogP) is 6.14. The van der Waals surface area contributed by atoms with Crippen LogP contribution in [0.2, 0.25) is 0 Å². The van der Waals surface area contributed by atoms with Gasteiger partial charge in [-0.1, -0.05) is 24.3 Å². The highest BCUT2D eigenvalue weighted by molar-refractivity contribution is 7.13. The number of nitrogens with zero attached hydrogens (tertiary/aromatic N) is 5. The molecule has 0 radical (unpaired) electrons. The van der Waals surface area contributed by atoms with Gasteiger partial charge in [-0.15, -0.1) is 11.3 Å². The molecule has 2 aromatic carbocycles. The number of likely N-dealkylation sites (tertiary alicyclic amines) is 1. The van der Waals surface area contributed by atoms with Crippen LogP contribution in [0.1, 0.15) is 56.3 Å². The van der Waals surface area contributed by atoms with E-state index in [1.165, 1.54) is 21.8 Å². The van der Waals surface area contributed by atoms with Crippen molar-refractivity contribution >= 4 is 51.8 Å². The SMILES string of the molecule is Cc1c(Nc2nccc3cc(CN4CCCC[C@H]4OC=O)cnc23)cccc1-c1cccc2c1CCN2C(=O)c1nc2c(s1)CNCC2. The molecule has 0 spiro atoms. The van der Waals surface area contributed by atoms with E-state index < -0.39 is 0 Å². The van der Waals surface area contributed by atoms with E-state index in [0.717, 1.165) is 102 Å². The molecule has 0 unspecified atom stereocenters. The molecule has 6 heterocycles. The van der Waals surface area contributed by atoms with Crippen LogP contribution in [-0.2, 0) is 35.5 Å². The largest absolute Gasteiger partial charge is 0.449 e. The Morgan fingerprint density at radius 2 is 2.00 bits per heavy atom. The van der Waals surface area contributed by atoms with Crippen molar-refractivity contribution in [2.75, 3.05) is 29.9 Å². The molecule has 1 amide bonds. The molecule has 2 N–H and O–H groups in total. The lowest BCUT2D eigenvalue weighted by atomic mass is 9.93. The molecular formula is C37H37N7O3S. The molecule has 1 fully saturated rings. The second-order valence-electron chi connectivity index (χ2n) is 12.7. The second kappa shape index (κ2) is 13.1. The van der Waals surface area contributed by atoms with Gasteiger partial charge in [0.2, 0.25) is 0 Å². The maximum atomic E-state index is 13.7. The molecular weight excluding hydrogens is 623 g/mol. The minimum Gasteiger partial charge on any atom is -0.449 e. The molecule has 0 bridgehead atoms. The van der Waals surface area contributed by atoms with Crippen molar-refractivity contribution in [2.24, 2.45) is 0 Å². The van der Waals surface area contributed by atoms with Crippen molar-refractivity contribution in [2.45, 2.75) is 58.3 Å². The summed E-state index contributed by atoms with van der Waals surface area (Å²) in [6.07, 6.45) is 8.17. The summed E-state index contributed by atoms with van der Waals surface area (Å²) in [6, 6.07) is 16.6. The standard InChI is InChI=1S/C37H37N7O3S/c1-23-26(27-7-5-9-31-28(27)13-17-44(31)37(46)36-42-30-12-14-38-20-32(30)48-36)6-4-8-29(23)41-35-34-25(11-15-39-35)18-24(19-40-34)21-43-16-3-2-10-33(43)47-22-45/h4-9,11,15,18-19,22,33,38H,2-3,10,12-14,16-17,20-21H2,1H3,(H,39,41)/t33-/m1/s1. The molecule has 244 valence electrons. The highest BCUT2D eigenvalue weighted by atomic mass is 32.1.